The van der Waals surface area contributed by atoms with Gasteiger partial charge in [0.1, 0.15) is 5.69 Å². The van der Waals surface area contributed by atoms with Crippen molar-refractivity contribution in [1.29, 1.82) is 0 Å². The van der Waals surface area contributed by atoms with Gasteiger partial charge in [-0.25, -0.2) is 4.68 Å². The summed E-state index contributed by atoms with van der Waals surface area (Å²) < 4.78 is 8.03. The van der Waals surface area contributed by atoms with Gasteiger partial charge in [0.25, 0.3) is 0 Å². The van der Waals surface area contributed by atoms with Gasteiger partial charge in [-0.15, -0.1) is 5.10 Å². The molecule has 0 amide bonds. The van der Waals surface area contributed by atoms with E-state index in [2.05, 4.69) is 129 Å². The number of fused-ring (bicyclic) bond motifs is 4. The van der Waals surface area contributed by atoms with Gasteiger partial charge in [-0.05, 0) is 78.9 Å². The fraction of sp³-hybridized carbons (Fsp3) is 0. The molecule has 1 aromatic heterocycles. The Balaban J connectivity index is 1.04. The van der Waals surface area contributed by atoms with Crippen molar-refractivity contribution in [2.75, 3.05) is 9.80 Å². The van der Waals surface area contributed by atoms with Gasteiger partial charge in [0.2, 0.25) is 0 Å². The maximum atomic E-state index is 6.18. The maximum Gasteiger partial charge on any atom is 0.151 e. The second-order valence-corrected chi connectivity index (χ2v) is 11.9. The zero-order valence-corrected chi connectivity index (χ0v) is 24.8. The monoisotopic (exact) mass is 599 g/mol. The van der Waals surface area contributed by atoms with E-state index in [0.29, 0.717) is 0 Å². The van der Waals surface area contributed by atoms with Crippen LogP contribution in [0.1, 0.15) is 0 Å². The quantitative estimate of drug-likeness (QED) is 0.201. The van der Waals surface area contributed by atoms with Crippen LogP contribution in [0.3, 0.4) is 0 Å². The normalized spacial score (nSPS) is 12.9. The Bertz CT molecular complexity index is 2120. The van der Waals surface area contributed by atoms with Crippen molar-refractivity contribution in [3.05, 3.63) is 152 Å². The first-order chi connectivity index (χ1) is 22.3. The van der Waals surface area contributed by atoms with Crippen LogP contribution in [-0.2, 0) is 0 Å². The Morgan fingerprint density at radius 3 is 1.71 bits per heavy atom. The Kier molecular flexibility index (Phi) is 5.96. The average molecular weight is 600 g/mol. The van der Waals surface area contributed by atoms with Crippen molar-refractivity contribution < 1.29 is 4.74 Å². The van der Waals surface area contributed by atoms with Crippen LogP contribution in [0.2, 0.25) is 0 Å². The number of nitrogens with zero attached hydrogens (tertiary/aromatic N) is 5. The predicted molar refractivity (Wildman–Crippen MR) is 180 cm³/mol. The highest BCUT2D eigenvalue weighted by Gasteiger charge is 2.26. The van der Waals surface area contributed by atoms with Crippen LogP contribution in [0.4, 0.5) is 34.1 Å². The van der Waals surface area contributed by atoms with Crippen LogP contribution in [0.5, 0.6) is 11.5 Å². The molecule has 2 aliphatic rings. The van der Waals surface area contributed by atoms with E-state index < -0.39 is 0 Å². The first kappa shape index (κ1) is 25.7. The Morgan fingerprint density at radius 2 is 1.04 bits per heavy atom. The minimum Gasteiger partial charge on any atom is -0.453 e. The average Bonchev–Trinajstić information content (AvgIpc) is 3.60. The molecule has 0 N–H and O–H groups in total. The van der Waals surface area contributed by atoms with Crippen LogP contribution >= 0.6 is 11.8 Å². The zero-order valence-electron chi connectivity index (χ0n) is 24.0. The third-order valence-electron chi connectivity index (χ3n) is 8.13. The van der Waals surface area contributed by atoms with E-state index in [1.54, 1.807) is 0 Å². The van der Waals surface area contributed by atoms with Crippen molar-refractivity contribution in [3.8, 4) is 28.4 Å². The van der Waals surface area contributed by atoms with Crippen molar-refractivity contribution in [2.24, 2.45) is 0 Å². The fourth-order valence-corrected chi connectivity index (χ4v) is 7.10. The molecule has 2 aliphatic heterocycles. The van der Waals surface area contributed by atoms with E-state index in [0.717, 1.165) is 51.2 Å². The lowest BCUT2D eigenvalue weighted by atomic mass is 10.1. The maximum absolute atomic E-state index is 6.18. The van der Waals surface area contributed by atoms with E-state index in [1.807, 2.05) is 59.0 Å². The lowest BCUT2D eigenvalue weighted by Crippen LogP contribution is -2.15. The SMILES string of the molecule is c1cc(N2c3ccccc3Sc3ccccc32)cc(-n2cc(-c3ccc(N4c5ccccc5Oc5ccccc54)cc3)nn2)c1. The van der Waals surface area contributed by atoms with E-state index >= 15 is 0 Å². The van der Waals surface area contributed by atoms with Gasteiger partial charge in [-0.2, -0.15) is 0 Å². The van der Waals surface area contributed by atoms with Crippen molar-refractivity contribution in [3.63, 3.8) is 0 Å². The molecular weight excluding hydrogens is 575 g/mol. The summed E-state index contributed by atoms with van der Waals surface area (Å²) in [5, 5.41) is 9.08. The topological polar surface area (TPSA) is 46.4 Å². The molecule has 0 saturated heterocycles. The number of hydrogen-bond acceptors (Lipinski definition) is 6. The lowest BCUT2D eigenvalue weighted by Gasteiger charge is -2.33. The second-order valence-electron chi connectivity index (χ2n) is 10.9. The molecule has 45 heavy (non-hydrogen) atoms. The molecule has 0 fully saturated rings. The molecule has 6 aromatic carbocycles. The van der Waals surface area contributed by atoms with E-state index in [1.165, 1.54) is 21.2 Å². The molecule has 0 unspecified atom stereocenters. The standard InChI is InChI=1S/C38H25N5OS/c1-5-16-35-31(12-1)42(32-13-2-6-17-36(32)44-35)27-22-20-26(21-23-27)30-25-41(40-39-30)28-10-9-11-29(24-28)43-33-14-3-7-18-37(33)45-38-19-8-4-15-34(38)43/h1-25H. The summed E-state index contributed by atoms with van der Waals surface area (Å²) in [6, 6.07) is 50.2. The van der Waals surface area contributed by atoms with Crippen molar-refractivity contribution >= 4 is 45.9 Å². The molecule has 7 aromatic rings. The highest BCUT2D eigenvalue weighted by molar-refractivity contribution is 7.99. The van der Waals surface area contributed by atoms with Gasteiger partial charge in [-0.3, -0.25) is 0 Å². The number of hydrogen-bond donors (Lipinski definition) is 0. The van der Waals surface area contributed by atoms with E-state index in [9.17, 15) is 0 Å². The summed E-state index contributed by atoms with van der Waals surface area (Å²) in [6.07, 6.45) is 1.99. The second kappa shape index (κ2) is 10.4. The molecule has 9 rings (SSSR count). The molecule has 0 bridgehead atoms. The van der Waals surface area contributed by atoms with E-state index in [4.69, 9.17) is 4.74 Å². The number of anilines is 6. The van der Waals surface area contributed by atoms with Crippen LogP contribution in [-0.4, -0.2) is 15.0 Å². The highest BCUT2D eigenvalue weighted by atomic mass is 32.2. The molecule has 0 spiro atoms. The number of para-hydroxylation sites is 6. The Labute approximate surface area is 264 Å². The number of aromatic nitrogens is 3. The molecule has 214 valence electrons. The minimum atomic E-state index is 0.805. The van der Waals surface area contributed by atoms with Crippen LogP contribution in [0.25, 0.3) is 16.9 Å². The number of ether oxygens (including phenoxy) is 1. The zero-order chi connectivity index (χ0) is 29.7. The third-order valence-corrected chi connectivity index (χ3v) is 9.26. The lowest BCUT2D eigenvalue weighted by molar-refractivity contribution is 0.477. The molecule has 7 heteroatoms. The molecule has 0 radical (unpaired) electrons. The summed E-state index contributed by atoms with van der Waals surface area (Å²) in [7, 11) is 0. The molecule has 0 saturated carbocycles. The smallest absolute Gasteiger partial charge is 0.151 e. The van der Waals surface area contributed by atoms with Gasteiger partial charge < -0.3 is 14.5 Å². The summed E-state index contributed by atoms with van der Waals surface area (Å²) in [5.41, 5.74) is 9.21. The summed E-state index contributed by atoms with van der Waals surface area (Å²) in [5.74, 6) is 1.67. The fourth-order valence-electron chi connectivity index (χ4n) is 6.04. The number of benzene rings is 6. The Hall–Kier alpha value is -5.79. The van der Waals surface area contributed by atoms with Gasteiger partial charge in [0.15, 0.2) is 11.5 Å². The van der Waals surface area contributed by atoms with Gasteiger partial charge >= 0.3 is 0 Å². The summed E-state index contributed by atoms with van der Waals surface area (Å²) >= 11 is 1.81. The molecule has 0 aliphatic carbocycles. The minimum absolute atomic E-state index is 0.805. The molecule has 3 heterocycles. The molecule has 6 nitrogen and oxygen atoms in total. The van der Waals surface area contributed by atoms with Gasteiger partial charge in [0.05, 0.1) is 34.6 Å². The predicted octanol–water partition coefficient (Wildman–Crippen LogP) is 10.4. The third kappa shape index (κ3) is 4.36. The summed E-state index contributed by atoms with van der Waals surface area (Å²) in [6.45, 7) is 0. The van der Waals surface area contributed by atoms with Crippen molar-refractivity contribution in [1.82, 2.24) is 15.0 Å². The molecular formula is C38H25N5OS. The summed E-state index contributed by atoms with van der Waals surface area (Å²) in [4.78, 5) is 7.02. The first-order valence-electron chi connectivity index (χ1n) is 14.8. The first-order valence-corrected chi connectivity index (χ1v) is 15.6. The van der Waals surface area contributed by atoms with Crippen LogP contribution in [0.15, 0.2) is 162 Å². The van der Waals surface area contributed by atoms with Crippen LogP contribution < -0.4 is 14.5 Å². The highest BCUT2D eigenvalue weighted by Crippen LogP contribution is 2.52. The molecule has 0 atom stereocenters. The van der Waals surface area contributed by atoms with E-state index in [-0.39, 0.29) is 0 Å². The van der Waals surface area contributed by atoms with Gasteiger partial charge in [0, 0.05) is 26.7 Å². The van der Waals surface area contributed by atoms with Crippen molar-refractivity contribution in [2.45, 2.75) is 9.79 Å². The van der Waals surface area contributed by atoms with Crippen LogP contribution in [0, 0.1) is 0 Å². The Morgan fingerprint density at radius 1 is 0.489 bits per heavy atom. The number of rotatable bonds is 4. The largest absolute Gasteiger partial charge is 0.453 e. The van der Waals surface area contributed by atoms with Gasteiger partial charge in [-0.1, -0.05) is 83.7 Å².